The lowest BCUT2D eigenvalue weighted by Gasteiger charge is -2.08. The lowest BCUT2D eigenvalue weighted by Crippen LogP contribution is -2.28. The van der Waals surface area contributed by atoms with Crippen LogP contribution in [0.4, 0.5) is 5.69 Å². The molecule has 0 aliphatic rings. The molecular weight excluding hydrogens is 368 g/mol. The molecule has 27 heavy (non-hydrogen) atoms. The molecule has 0 aliphatic carbocycles. The average Bonchev–Trinajstić information content (AvgIpc) is 2.62. The number of rotatable bonds is 6. The number of amides is 1. The van der Waals surface area contributed by atoms with E-state index in [4.69, 9.17) is 4.42 Å². The quantitative estimate of drug-likeness (QED) is 0.633. The van der Waals surface area contributed by atoms with Crippen LogP contribution in [-0.2, 0) is 14.8 Å². The number of para-hydroxylation sites is 1. The number of hydrogen-bond acceptors (Lipinski definition) is 5. The molecular formula is C19H18N2O5S. The molecule has 3 rings (SSSR count). The lowest BCUT2D eigenvalue weighted by atomic mass is 10.2. The Hall–Kier alpha value is -2.97. The first-order valence-electron chi connectivity index (χ1n) is 8.24. The van der Waals surface area contributed by atoms with Gasteiger partial charge in [-0.15, -0.1) is 0 Å². The monoisotopic (exact) mass is 386 g/mol. The summed E-state index contributed by atoms with van der Waals surface area (Å²) >= 11 is 0. The van der Waals surface area contributed by atoms with Gasteiger partial charge in [-0.2, -0.15) is 0 Å². The zero-order valence-corrected chi connectivity index (χ0v) is 15.4. The Balaban J connectivity index is 1.61. The van der Waals surface area contributed by atoms with Crippen LogP contribution in [0.25, 0.3) is 11.0 Å². The molecule has 0 saturated carbocycles. The third-order valence-electron chi connectivity index (χ3n) is 3.89. The highest BCUT2D eigenvalue weighted by atomic mass is 32.2. The SMILES string of the molecule is Cc1ccc(S(=O)(=O)NCCC(=O)Nc2cc3ccccc3oc2=O)cc1. The van der Waals surface area contributed by atoms with E-state index in [0.717, 1.165) is 5.56 Å². The summed E-state index contributed by atoms with van der Waals surface area (Å²) in [6.45, 7) is 1.76. The second-order valence-corrected chi connectivity index (χ2v) is 7.76. The fourth-order valence-electron chi connectivity index (χ4n) is 2.46. The normalized spacial score (nSPS) is 11.4. The molecule has 0 saturated heterocycles. The molecule has 7 nitrogen and oxygen atoms in total. The predicted molar refractivity (Wildman–Crippen MR) is 102 cm³/mol. The van der Waals surface area contributed by atoms with Gasteiger partial charge >= 0.3 is 5.63 Å². The molecule has 0 spiro atoms. The van der Waals surface area contributed by atoms with E-state index in [1.165, 1.54) is 18.2 Å². The fraction of sp³-hybridized carbons (Fsp3) is 0.158. The zero-order valence-electron chi connectivity index (χ0n) is 14.6. The van der Waals surface area contributed by atoms with E-state index in [0.29, 0.717) is 11.0 Å². The maximum absolute atomic E-state index is 12.2. The summed E-state index contributed by atoms with van der Waals surface area (Å²) in [6, 6.07) is 14.8. The molecule has 140 valence electrons. The first-order chi connectivity index (χ1) is 12.8. The first-order valence-corrected chi connectivity index (χ1v) is 9.72. The minimum atomic E-state index is -3.69. The van der Waals surface area contributed by atoms with Gasteiger partial charge in [0.1, 0.15) is 11.3 Å². The Kier molecular flexibility index (Phi) is 5.38. The summed E-state index contributed by atoms with van der Waals surface area (Å²) in [5.41, 5.74) is 0.719. The third kappa shape index (κ3) is 4.60. The Morgan fingerprint density at radius 1 is 1.07 bits per heavy atom. The topological polar surface area (TPSA) is 105 Å². The molecule has 0 unspecified atom stereocenters. The minimum Gasteiger partial charge on any atom is -0.421 e. The minimum absolute atomic E-state index is 0.0140. The number of anilines is 1. The van der Waals surface area contributed by atoms with Crippen molar-refractivity contribution in [1.82, 2.24) is 4.72 Å². The summed E-state index contributed by atoms with van der Waals surface area (Å²) in [7, 11) is -3.69. The first kappa shape index (κ1) is 18.8. The second kappa shape index (κ2) is 7.73. The van der Waals surface area contributed by atoms with Crippen molar-refractivity contribution in [3.8, 4) is 0 Å². The van der Waals surface area contributed by atoms with Gasteiger partial charge in [-0.3, -0.25) is 4.79 Å². The molecule has 0 radical (unpaired) electrons. The van der Waals surface area contributed by atoms with Crippen LogP contribution in [0.1, 0.15) is 12.0 Å². The highest BCUT2D eigenvalue weighted by Gasteiger charge is 2.14. The van der Waals surface area contributed by atoms with Crippen molar-refractivity contribution in [2.75, 3.05) is 11.9 Å². The maximum atomic E-state index is 12.2. The van der Waals surface area contributed by atoms with E-state index in [9.17, 15) is 18.0 Å². The number of aryl methyl sites for hydroxylation is 1. The molecule has 1 amide bonds. The van der Waals surface area contributed by atoms with Gasteiger partial charge in [-0.1, -0.05) is 35.9 Å². The van der Waals surface area contributed by atoms with Crippen molar-refractivity contribution in [1.29, 1.82) is 0 Å². The van der Waals surface area contributed by atoms with Crippen LogP contribution in [0.3, 0.4) is 0 Å². The van der Waals surface area contributed by atoms with Crippen molar-refractivity contribution in [2.24, 2.45) is 0 Å². The van der Waals surface area contributed by atoms with Crippen LogP contribution in [0.5, 0.6) is 0 Å². The zero-order chi connectivity index (χ0) is 19.4. The third-order valence-corrected chi connectivity index (χ3v) is 5.37. The standard InChI is InChI=1S/C19H18N2O5S/c1-13-6-8-15(9-7-13)27(24,25)20-11-10-18(22)21-16-12-14-4-2-3-5-17(14)26-19(16)23/h2-9,12,20H,10-11H2,1H3,(H,21,22). The van der Waals surface area contributed by atoms with Crippen LogP contribution >= 0.6 is 0 Å². The van der Waals surface area contributed by atoms with Gasteiger partial charge in [0.2, 0.25) is 15.9 Å². The van der Waals surface area contributed by atoms with Gasteiger partial charge in [0.25, 0.3) is 0 Å². The maximum Gasteiger partial charge on any atom is 0.360 e. The van der Waals surface area contributed by atoms with Crippen molar-refractivity contribution < 1.29 is 17.6 Å². The van der Waals surface area contributed by atoms with Gasteiger partial charge in [0, 0.05) is 18.4 Å². The van der Waals surface area contributed by atoms with E-state index >= 15 is 0 Å². The molecule has 0 fully saturated rings. The largest absolute Gasteiger partial charge is 0.421 e. The molecule has 2 aromatic carbocycles. The summed E-state index contributed by atoms with van der Waals surface area (Å²) in [5.74, 6) is -0.496. The molecule has 1 heterocycles. The molecule has 8 heteroatoms. The van der Waals surface area contributed by atoms with Crippen molar-refractivity contribution in [3.63, 3.8) is 0 Å². The van der Waals surface area contributed by atoms with Gasteiger partial charge in [0.05, 0.1) is 4.90 Å². The number of carbonyl (C=O) groups excluding carboxylic acids is 1. The summed E-state index contributed by atoms with van der Waals surface area (Å²) in [5, 5.41) is 3.13. The number of carbonyl (C=O) groups is 1. The average molecular weight is 386 g/mol. The molecule has 1 aromatic heterocycles. The van der Waals surface area contributed by atoms with E-state index < -0.39 is 21.6 Å². The van der Waals surface area contributed by atoms with E-state index in [1.807, 2.05) is 6.92 Å². The van der Waals surface area contributed by atoms with Crippen LogP contribution in [-0.4, -0.2) is 20.9 Å². The predicted octanol–water partition coefficient (Wildman–Crippen LogP) is 2.41. The summed E-state index contributed by atoms with van der Waals surface area (Å²) < 4.78 is 31.9. The van der Waals surface area contributed by atoms with Crippen LogP contribution in [0.15, 0.2) is 68.7 Å². The van der Waals surface area contributed by atoms with E-state index in [2.05, 4.69) is 10.0 Å². The van der Waals surface area contributed by atoms with Crippen molar-refractivity contribution in [2.45, 2.75) is 18.2 Å². The molecule has 2 N–H and O–H groups in total. The van der Waals surface area contributed by atoms with Gasteiger partial charge < -0.3 is 9.73 Å². The van der Waals surface area contributed by atoms with E-state index in [1.54, 1.807) is 36.4 Å². The van der Waals surface area contributed by atoms with Crippen molar-refractivity contribution in [3.05, 3.63) is 70.6 Å². The summed E-state index contributed by atoms with van der Waals surface area (Å²) in [6.07, 6.45) is -0.128. The van der Waals surface area contributed by atoms with Gasteiger partial charge in [0.15, 0.2) is 0 Å². The highest BCUT2D eigenvalue weighted by molar-refractivity contribution is 7.89. The van der Waals surface area contributed by atoms with Crippen LogP contribution < -0.4 is 15.7 Å². The Morgan fingerprint density at radius 3 is 2.52 bits per heavy atom. The number of fused-ring (bicyclic) bond motifs is 1. The Morgan fingerprint density at radius 2 is 1.78 bits per heavy atom. The number of hydrogen-bond donors (Lipinski definition) is 2. The van der Waals surface area contributed by atoms with Gasteiger partial charge in [-0.25, -0.2) is 17.9 Å². The number of benzene rings is 2. The smallest absolute Gasteiger partial charge is 0.360 e. The fourth-order valence-corrected chi connectivity index (χ4v) is 3.49. The Bertz CT molecular complexity index is 1130. The lowest BCUT2D eigenvalue weighted by molar-refractivity contribution is -0.116. The van der Waals surface area contributed by atoms with Crippen LogP contribution in [0.2, 0.25) is 0 Å². The molecule has 0 atom stereocenters. The molecule has 0 aliphatic heterocycles. The van der Waals surface area contributed by atoms with E-state index in [-0.39, 0.29) is 23.5 Å². The highest BCUT2D eigenvalue weighted by Crippen LogP contribution is 2.15. The number of sulfonamides is 1. The van der Waals surface area contributed by atoms with Crippen LogP contribution in [0, 0.1) is 6.92 Å². The molecule has 3 aromatic rings. The summed E-state index contributed by atoms with van der Waals surface area (Å²) in [4.78, 5) is 24.1. The molecule has 0 bridgehead atoms. The number of nitrogens with one attached hydrogen (secondary N) is 2. The second-order valence-electron chi connectivity index (χ2n) is 5.99. The van der Waals surface area contributed by atoms with Crippen molar-refractivity contribution >= 4 is 32.6 Å². The Labute approximate surface area is 156 Å². The van der Waals surface area contributed by atoms with Gasteiger partial charge in [-0.05, 0) is 31.2 Å².